The molecule has 3 aromatic rings. The lowest BCUT2D eigenvalue weighted by atomic mass is 9.94. The van der Waals surface area contributed by atoms with Gasteiger partial charge in [0.2, 0.25) is 0 Å². The Kier molecular flexibility index (Phi) is 4.56. The van der Waals surface area contributed by atoms with E-state index in [-0.39, 0.29) is 5.75 Å². The topological polar surface area (TPSA) is 67.1 Å². The van der Waals surface area contributed by atoms with Crippen molar-refractivity contribution >= 4 is 5.82 Å². The van der Waals surface area contributed by atoms with Crippen LogP contribution < -0.4 is 4.90 Å². The summed E-state index contributed by atoms with van der Waals surface area (Å²) in [5.41, 5.74) is 2.19. The van der Waals surface area contributed by atoms with Crippen LogP contribution in [0.15, 0.2) is 49.1 Å². The summed E-state index contributed by atoms with van der Waals surface area (Å²) in [4.78, 5) is 6.26. The Labute approximate surface area is 153 Å². The maximum absolute atomic E-state index is 10.4. The Morgan fingerprint density at radius 2 is 1.92 bits per heavy atom. The minimum atomic E-state index is 0.180. The largest absolute Gasteiger partial charge is 0.507 e. The number of anilines is 1. The minimum absolute atomic E-state index is 0.180. The summed E-state index contributed by atoms with van der Waals surface area (Å²) in [7, 11) is 2.09. The van der Waals surface area contributed by atoms with Gasteiger partial charge in [-0.05, 0) is 37.1 Å². The molecule has 4 rings (SSSR count). The van der Waals surface area contributed by atoms with Gasteiger partial charge in [-0.1, -0.05) is 19.3 Å². The Balaban J connectivity index is 1.55. The number of nitrogens with zero attached hydrogens (tertiary/aromatic N) is 5. The highest BCUT2D eigenvalue weighted by Crippen LogP contribution is 2.31. The second-order valence-electron chi connectivity index (χ2n) is 6.85. The highest BCUT2D eigenvalue weighted by molar-refractivity contribution is 5.69. The Morgan fingerprint density at radius 1 is 1.08 bits per heavy atom. The summed E-state index contributed by atoms with van der Waals surface area (Å²) in [6.07, 6.45) is 11.6. The maximum atomic E-state index is 10.4. The highest BCUT2D eigenvalue weighted by Gasteiger charge is 2.19. The van der Waals surface area contributed by atoms with Crippen molar-refractivity contribution in [1.29, 1.82) is 0 Å². The van der Waals surface area contributed by atoms with Crippen LogP contribution in [0.2, 0.25) is 0 Å². The third-order valence-corrected chi connectivity index (χ3v) is 5.19. The molecule has 1 aromatic carbocycles. The minimum Gasteiger partial charge on any atom is -0.507 e. The van der Waals surface area contributed by atoms with Crippen molar-refractivity contribution < 1.29 is 5.11 Å². The second-order valence-corrected chi connectivity index (χ2v) is 6.85. The fourth-order valence-electron chi connectivity index (χ4n) is 3.62. The third-order valence-electron chi connectivity index (χ3n) is 5.19. The molecule has 2 heterocycles. The highest BCUT2D eigenvalue weighted by atomic mass is 16.3. The molecule has 0 unspecified atom stereocenters. The van der Waals surface area contributed by atoms with Crippen LogP contribution in [0.1, 0.15) is 32.1 Å². The van der Waals surface area contributed by atoms with E-state index in [1.165, 1.54) is 32.1 Å². The predicted molar refractivity (Wildman–Crippen MR) is 102 cm³/mol. The van der Waals surface area contributed by atoms with E-state index < -0.39 is 0 Å². The lowest BCUT2D eigenvalue weighted by Gasteiger charge is -2.31. The van der Waals surface area contributed by atoms with E-state index in [1.807, 2.05) is 35.0 Å². The average Bonchev–Trinajstić information content (AvgIpc) is 3.23. The van der Waals surface area contributed by atoms with Crippen LogP contribution in [0, 0.1) is 0 Å². The molecule has 1 aliphatic rings. The molecule has 0 aliphatic heterocycles. The van der Waals surface area contributed by atoms with Gasteiger partial charge in [0.25, 0.3) is 0 Å². The number of phenolic OH excluding ortho intramolecular Hbond substituents is 1. The number of aromatic hydroxyl groups is 1. The first-order valence-corrected chi connectivity index (χ1v) is 9.10. The van der Waals surface area contributed by atoms with Crippen molar-refractivity contribution in [1.82, 2.24) is 19.7 Å². The van der Waals surface area contributed by atoms with Gasteiger partial charge in [0.1, 0.15) is 5.75 Å². The molecule has 0 spiro atoms. The van der Waals surface area contributed by atoms with Crippen molar-refractivity contribution in [3.63, 3.8) is 0 Å². The Morgan fingerprint density at radius 3 is 2.58 bits per heavy atom. The lowest BCUT2D eigenvalue weighted by molar-refractivity contribution is 0.425. The maximum Gasteiger partial charge on any atom is 0.151 e. The van der Waals surface area contributed by atoms with Gasteiger partial charge in [0, 0.05) is 37.1 Å². The third kappa shape index (κ3) is 3.27. The first-order chi connectivity index (χ1) is 12.7. The van der Waals surface area contributed by atoms with Gasteiger partial charge in [-0.25, -0.2) is 4.98 Å². The van der Waals surface area contributed by atoms with E-state index in [9.17, 15) is 5.11 Å². The molecule has 0 saturated heterocycles. The Bertz CT molecular complexity index is 854. The quantitative estimate of drug-likeness (QED) is 0.776. The fourth-order valence-corrected chi connectivity index (χ4v) is 3.62. The van der Waals surface area contributed by atoms with Crippen LogP contribution in [-0.4, -0.2) is 37.9 Å². The summed E-state index contributed by atoms with van der Waals surface area (Å²) in [6.45, 7) is 0. The van der Waals surface area contributed by atoms with Crippen molar-refractivity contribution in [2.75, 3.05) is 11.9 Å². The number of rotatable bonds is 4. The van der Waals surface area contributed by atoms with E-state index in [0.717, 1.165) is 11.5 Å². The van der Waals surface area contributed by atoms with Crippen LogP contribution in [-0.2, 0) is 0 Å². The molecule has 26 heavy (non-hydrogen) atoms. The predicted octanol–water partition coefficient (Wildman–Crippen LogP) is 3.80. The van der Waals surface area contributed by atoms with Crippen molar-refractivity contribution in [2.45, 2.75) is 38.1 Å². The Hall–Kier alpha value is -2.89. The zero-order valence-corrected chi connectivity index (χ0v) is 14.9. The number of hydrogen-bond donors (Lipinski definition) is 1. The van der Waals surface area contributed by atoms with Gasteiger partial charge in [-0.3, -0.25) is 0 Å². The molecule has 1 N–H and O–H groups in total. The van der Waals surface area contributed by atoms with Gasteiger partial charge in [0.05, 0.1) is 17.7 Å². The molecule has 0 atom stereocenters. The summed E-state index contributed by atoms with van der Waals surface area (Å²) in [5.74, 6) is 1.06. The summed E-state index contributed by atoms with van der Waals surface area (Å²) < 4.78 is 1.84. The second kappa shape index (κ2) is 7.15. The average molecular weight is 349 g/mol. The van der Waals surface area contributed by atoms with Gasteiger partial charge < -0.3 is 14.6 Å². The molecule has 6 heteroatoms. The number of aromatic nitrogens is 4. The van der Waals surface area contributed by atoms with E-state index >= 15 is 0 Å². The van der Waals surface area contributed by atoms with Crippen molar-refractivity contribution in [3.05, 3.63) is 49.1 Å². The smallest absolute Gasteiger partial charge is 0.151 e. The van der Waals surface area contributed by atoms with Gasteiger partial charge in [-0.2, -0.15) is 0 Å². The normalized spacial score (nSPS) is 15.1. The molecule has 0 amide bonds. The number of imidazole rings is 1. The molecular formula is C20H23N5O. The molecule has 1 aliphatic carbocycles. The summed E-state index contributed by atoms with van der Waals surface area (Å²) in [5, 5.41) is 19.2. The molecule has 0 bridgehead atoms. The molecular weight excluding hydrogens is 326 g/mol. The number of benzene rings is 1. The van der Waals surface area contributed by atoms with Crippen LogP contribution in [0.25, 0.3) is 16.9 Å². The molecule has 134 valence electrons. The van der Waals surface area contributed by atoms with Crippen LogP contribution in [0.5, 0.6) is 5.75 Å². The monoisotopic (exact) mass is 349 g/mol. The van der Waals surface area contributed by atoms with Gasteiger partial charge in [0.15, 0.2) is 5.82 Å². The summed E-state index contributed by atoms with van der Waals surface area (Å²) >= 11 is 0. The standard InChI is InChI=1S/C20H23N5O/c1-24(15-5-3-2-4-6-15)20-10-9-18(22-23-20)17-8-7-16(13-19(17)26)25-12-11-21-14-25/h7-15,26H,2-6H2,1H3. The molecule has 1 saturated carbocycles. The lowest BCUT2D eigenvalue weighted by Crippen LogP contribution is -2.34. The van der Waals surface area contributed by atoms with E-state index in [0.29, 0.717) is 17.3 Å². The summed E-state index contributed by atoms with van der Waals surface area (Å²) in [6, 6.07) is 9.96. The SMILES string of the molecule is CN(c1ccc(-c2ccc(-n3ccnc3)cc2O)nn1)C1CCCCC1. The van der Waals surface area contributed by atoms with Crippen molar-refractivity contribution in [2.24, 2.45) is 0 Å². The van der Waals surface area contributed by atoms with Gasteiger partial charge in [-0.15, -0.1) is 10.2 Å². The molecule has 0 radical (unpaired) electrons. The zero-order valence-electron chi connectivity index (χ0n) is 14.9. The number of hydrogen-bond acceptors (Lipinski definition) is 5. The first-order valence-electron chi connectivity index (χ1n) is 9.10. The zero-order chi connectivity index (χ0) is 17.9. The van der Waals surface area contributed by atoms with Crippen LogP contribution >= 0.6 is 0 Å². The van der Waals surface area contributed by atoms with Crippen LogP contribution in [0.4, 0.5) is 5.82 Å². The van der Waals surface area contributed by atoms with E-state index in [2.05, 4.69) is 27.1 Å². The van der Waals surface area contributed by atoms with Crippen LogP contribution in [0.3, 0.4) is 0 Å². The number of phenols is 1. The molecule has 2 aromatic heterocycles. The van der Waals surface area contributed by atoms with E-state index in [4.69, 9.17) is 0 Å². The molecule has 6 nitrogen and oxygen atoms in total. The van der Waals surface area contributed by atoms with E-state index in [1.54, 1.807) is 18.6 Å². The molecule has 1 fully saturated rings. The first kappa shape index (κ1) is 16.6. The van der Waals surface area contributed by atoms with Gasteiger partial charge >= 0.3 is 0 Å². The van der Waals surface area contributed by atoms with Crippen molar-refractivity contribution in [3.8, 4) is 22.7 Å². The fraction of sp³-hybridized carbons (Fsp3) is 0.350.